The van der Waals surface area contributed by atoms with Gasteiger partial charge in [0.2, 0.25) is 16.0 Å². The van der Waals surface area contributed by atoms with Crippen LogP contribution in [-0.2, 0) is 22.7 Å². The van der Waals surface area contributed by atoms with Crippen LogP contribution < -0.4 is 10.5 Å². The molecule has 4 N–H and O–H groups in total. The van der Waals surface area contributed by atoms with Gasteiger partial charge < -0.3 is 10.4 Å². The Labute approximate surface area is 180 Å². The van der Waals surface area contributed by atoms with Crippen molar-refractivity contribution >= 4 is 21.7 Å². The molecule has 0 saturated heterocycles. The maximum absolute atomic E-state index is 13.7. The summed E-state index contributed by atoms with van der Waals surface area (Å²) in [6, 6.07) is 2.84. The molecule has 172 valence electrons. The zero-order valence-corrected chi connectivity index (χ0v) is 17.5. The fourth-order valence-electron chi connectivity index (χ4n) is 2.77. The lowest BCUT2D eigenvalue weighted by Gasteiger charge is -2.16. The largest absolute Gasteiger partial charge is 0.419 e. The number of hydrogen-bond donors (Lipinski definition) is 3. The molecule has 1 aromatic carbocycles. The number of nitrogens with one attached hydrogen (secondary N) is 1. The van der Waals surface area contributed by atoms with E-state index in [-0.39, 0.29) is 23.7 Å². The van der Waals surface area contributed by atoms with Crippen LogP contribution in [-0.4, -0.2) is 38.9 Å². The maximum atomic E-state index is 13.7. The number of benzene rings is 1. The van der Waals surface area contributed by atoms with Gasteiger partial charge in [-0.25, -0.2) is 27.9 Å². The summed E-state index contributed by atoms with van der Waals surface area (Å²) in [7, 11) is -4.37. The van der Waals surface area contributed by atoms with E-state index in [0.717, 1.165) is 24.4 Å². The van der Waals surface area contributed by atoms with Gasteiger partial charge in [-0.1, -0.05) is 0 Å². The topological polar surface area (TPSA) is 136 Å². The normalized spacial score (nSPS) is 12.8. The number of anilines is 2. The minimum Gasteiger partial charge on any atom is -0.389 e. The van der Waals surface area contributed by atoms with Gasteiger partial charge in [-0.05, 0) is 32.0 Å². The zero-order valence-electron chi connectivity index (χ0n) is 16.7. The number of nitrogens with zero attached hydrogens (tertiary/aromatic N) is 4. The number of hydrogen-bond acceptors (Lipinski definition) is 7. The van der Waals surface area contributed by atoms with E-state index in [1.807, 2.05) is 0 Å². The molecule has 32 heavy (non-hydrogen) atoms. The Morgan fingerprint density at radius 2 is 1.91 bits per heavy atom. The summed E-state index contributed by atoms with van der Waals surface area (Å²) in [6.45, 7) is 3.05. The third-order valence-corrected chi connectivity index (χ3v) is 4.97. The van der Waals surface area contributed by atoms with Crippen molar-refractivity contribution in [2.75, 3.05) is 5.32 Å². The van der Waals surface area contributed by atoms with Gasteiger partial charge in [0.25, 0.3) is 0 Å². The molecule has 14 heteroatoms. The molecule has 9 nitrogen and oxygen atoms in total. The van der Waals surface area contributed by atoms with Crippen LogP contribution in [0.15, 0.2) is 41.7 Å². The average Bonchev–Trinajstić information content (AvgIpc) is 3.08. The van der Waals surface area contributed by atoms with E-state index in [2.05, 4.69) is 20.4 Å². The molecule has 0 radical (unpaired) electrons. The lowest BCUT2D eigenvalue weighted by molar-refractivity contribution is -0.137. The van der Waals surface area contributed by atoms with Crippen molar-refractivity contribution in [1.82, 2.24) is 19.7 Å². The molecule has 0 atom stereocenters. The van der Waals surface area contributed by atoms with Gasteiger partial charge in [-0.15, -0.1) is 0 Å². The molecule has 3 rings (SSSR count). The number of alkyl halides is 3. The van der Waals surface area contributed by atoms with Gasteiger partial charge >= 0.3 is 6.18 Å². The van der Waals surface area contributed by atoms with E-state index in [1.165, 1.54) is 24.7 Å². The van der Waals surface area contributed by atoms with E-state index < -0.39 is 43.8 Å². The van der Waals surface area contributed by atoms with Crippen molar-refractivity contribution in [3.8, 4) is 11.3 Å². The first-order valence-corrected chi connectivity index (χ1v) is 10.5. The molecule has 0 aliphatic heterocycles. The predicted molar refractivity (Wildman–Crippen MR) is 106 cm³/mol. The highest BCUT2D eigenvalue weighted by Gasteiger charge is 2.36. The number of sulfonamides is 1. The van der Waals surface area contributed by atoms with Crippen molar-refractivity contribution in [2.45, 2.75) is 37.1 Å². The Kier molecular flexibility index (Phi) is 5.97. The van der Waals surface area contributed by atoms with E-state index in [9.17, 15) is 31.1 Å². The molecule has 0 unspecified atom stereocenters. The number of primary sulfonamides is 1. The molecule has 0 spiro atoms. The Hall–Kier alpha value is -3.10. The average molecular weight is 474 g/mol. The summed E-state index contributed by atoms with van der Waals surface area (Å²) < 4.78 is 78.5. The second kappa shape index (κ2) is 8.11. The number of aliphatic hydroxyl groups is 1. The molecule has 0 aliphatic rings. The van der Waals surface area contributed by atoms with Crippen molar-refractivity contribution in [3.05, 3.63) is 48.2 Å². The van der Waals surface area contributed by atoms with Crippen LogP contribution in [0.1, 0.15) is 19.4 Å². The monoisotopic (exact) mass is 474 g/mol. The Morgan fingerprint density at radius 3 is 2.50 bits per heavy atom. The van der Waals surface area contributed by atoms with Gasteiger partial charge in [0.1, 0.15) is 16.3 Å². The highest BCUT2D eigenvalue weighted by Crippen LogP contribution is 2.36. The molecule has 0 amide bonds. The molecule has 0 aliphatic carbocycles. The third-order valence-electron chi connectivity index (χ3n) is 4.04. The van der Waals surface area contributed by atoms with Crippen LogP contribution in [0.4, 0.5) is 29.2 Å². The molecular formula is C18H18F4N6O3S. The van der Waals surface area contributed by atoms with Gasteiger partial charge in [-0.2, -0.15) is 18.3 Å². The molecule has 0 bridgehead atoms. The second-order valence-electron chi connectivity index (χ2n) is 7.51. The van der Waals surface area contributed by atoms with Crippen molar-refractivity contribution in [1.29, 1.82) is 0 Å². The number of halogens is 4. The zero-order chi connectivity index (χ0) is 23.9. The summed E-state index contributed by atoms with van der Waals surface area (Å²) in [5, 5.41) is 21.3. The van der Waals surface area contributed by atoms with Crippen molar-refractivity contribution in [3.63, 3.8) is 0 Å². The Balaban J connectivity index is 2.02. The third kappa shape index (κ3) is 5.57. The first-order chi connectivity index (χ1) is 14.6. The van der Waals surface area contributed by atoms with Gasteiger partial charge in [0, 0.05) is 23.6 Å². The van der Waals surface area contributed by atoms with Crippen LogP contribution in [0, 0.1) is 5.82 Å². The fraction of sp³-hybridized carbons (Fsp3) is 0.278. The van der Waals surface area contributed by atoms with Crippen molar-refractivity contribution in [2.24, 2.45) is 5.14 Å². The SMILES string of the molecule is CC(C)(O)Cn1cc(-c2nc(Nc3ccc(F)c(S(N)(=O)=O)c3)ncc2C(F)(F)F)cn1. The summed E-state index contributed by atoms with van der Waals surface area (Å²) in [5.74, 6) is -1.40. The van der Waals surface area contributed by atoms with E-state index in [1.54, 1.807) is 0 Å². The minimum absolute atomic E-state index is 0.0105. The number of nitrogens with two attached hydrogens (primary N) is 1. The number of rotatable bonds is 6. The van der Waals surface area contributed by atoms with Gasteiger partial charge in [0.05, 0.1) is 24.0 Å². The first kappa shape index (κ1) is 23.6. The van der Waals surface area contributed by atoms with Gasteiger partial charge in [-0.3, -0.25) is 4.68 Å². The first-order valence-electron chi connectivity index (χ1n) is 8.92. The smallest absolute Gasteiger partial charge is 0.389 e. The fourth-order valence-corrected chi connectivity index (χ4v) is 3.40. The molecule has 0 saturated carbocycles. The summed E-state index contributed by atoms with van der Waals surface area (Å²) in [4.78, 5) is 6.72. The lowest BCUT2D eigenvalue weighted by atomic mass is 10.1. The summed E-state index contributed by atoms with van der Waals surface area (Å²) in [6.07, 6.45) is -1.77. The second-order valence-corrected chi connectivity index (χ2v) is 9.04. The van der Waals surface area contributed by atoms with Crippen LogP contribution in [0.2, 0.25) is 0 Å². The van der Waals surface area contributed by atoms with E-state index in [0.29, 0.717) is 6.20 Å². The molecule has 0 fully saturated rings. The van der Waals surface area contributed by atoms with E-state index >= 15 is 0 Å². The van der Waals surface area contributed by atoms with Crippen LogP contribution >= 0.6 is 0 Å². The highest BCUT2D eigenvalue weighted by atomic mass is 32.2. The van der Waals surface area contributed by atoms with Crippen LogP contribution in [0.5, 0.6) is 0 Å². The summed E-state index contributed by atoms with van der Waals surface area (Å²) >= 11 is 0. The van der Waals surface area contributed by atoms with Gasteiger partial charge in [0.15, 0.2) is 0 Å². The van der Waals surface area contributed by atoms with Crippen LogP contribution in [0.25, 0.3) is 11.3 Å². The molecule has 2 heterocycles. The molecule has 3 aromatic rings. The minimum atomic E-state index is -4.77. The van der Waals surface area contributed by atoms with Crippen LogP contribution in [0.3, 0.4) is 0 Å². The van der Waals surface area contributed by atoms with E-state index in [4.69, 9.17) is 5.14 Å². The maximum Gasteiger partial charge on any atom is 0.419 e. The molecular weight excluding hydrogens is 456 g/mol. The van der Waals surface area contributed by atoms with Crippen molar-refractivity contribution < 1.29 is 31.1 Å². The summed E-state index contributed by atoms with van der Waals surface area (Å²) in [5.41, 5.74) is -2.78. The lowest BCUT2D eigenvalue weighted by Crippen LogP contribution is -2.26. The quantitative estimate of drug-likeness (QED) is 0.467. The molecule has 2 aromatic heterocycles. The predicted octanol–water partition coefficient (Wildman–Crippen LogP) is 2.66. The highest BCUT2D eigenvalue weighted by molar-refractivity contribution is 7.89. The number of aromatic nitrogens is 4. The standard InChI is InChI=1S/C18H18F4N6O3S/c1-17(2,29)9-28-8-10(6-25-28)15-12(18(20,21)22)7-24-16(27-15)26-11-3-4-13(19)14(5-11)32(23,30)31/h3-8,29H,9H2,1-2H3,(H2,23,30,31)(H,24,26,27). The Morgan fingerprint density at radius 1 is 1.22 bits per heavy atom. The Bertz CT molecular complexity index is 1250.